The van der Waals surface area contributed by atoms with Crippen molar-refractivity contribution in [1.29, 1.82) is 0 Å². The van der Waals surface area contributed by atoms with Crippen LogP contribution in [-0.2, 0) is 19.6 Å². The van der Waals surface area contributed by atoms with Crippen LogP contribution in [0.3, 0.4) is 0 Å². The Kier molecular flexibility index (Phi) is 5.46. The third-order valence-corrected chi connectivity index (χ3v) is 7.72. The van der Waals surface area contributed by atoms with E-state index in [0.717, 1.165) is 32.2 Å². The van der Waals surface area contributed by atoms with E-state index in [9.17, 15) is 18.0 Å². The molecule has 156 valence electrons. The second kappa shape index (κ2) is 7.89. The van der Waals surface area contributed by atoms with E-state index in [0.29, 0.717) is 36.6 Å². The van der Waals surface area contributed by atoms with E-state index in [2.05, 4.69) is 9.71 Å². The number of hydrogen-bond acceptors (Lipinski definition) is 4. The van der Waals surface area contributed by atoms with Crippen molar-refractivity contribution >= 4 is 33.2 Å². The Labute approximate surface area is 171 Å². The van der Waals surface area contributed by atoms with Gasteiger partial charge in [-0.1, -0.05) is 6.42 Å². The molecular weight excluding hydrogens is 390 g/mol. The van der Waals surface area contributed by atoms with E-state index in [-0.39, 0.29) is 28.6 Å². The van der Waals surface area contributed by atoms with Gasteiger partial charge in [0.05, 0.1) is 4.90 Å². The number of hydrogen-bond donors (Lipinski definition) is 1. The molecule has 2 aliphatic carbocycles. The molecule has 3 aliphatic rings. The monoisotopic (exact) mass is 417 g/mol. The van der Waals surface area contributed by atoms with Crippen molar-refractivity contribution in [1.82, 2.24) is 4.90 Å². The Morgan fingerprint density at radius 3 is 2.34 bits per heavy atom. The molecule has 1 amide bonds. The summed E-state index contributed by atoms with van der Waals surface area (Å²) in [7, 11) is -1.92. The second-order valence-electron chi connectivity index (χ2n) is 8.42. The number of ketones is 1. The highest BCUT2D eigenvalue weighted by molar-refractivity contribution is 7.90. The first-order chi connectivity index (χ1) is 13.8. The molecule has 0 aromatic heterocycles. The van der Waals surface area contributed by atoms with Gasteiger partial charge in [0.2, 0.25) is 5.91 Å². The molecule has 29 heavy (non-hydrogen) atoms. The number of rotatable bonds is 4. The van der Waals surface area contributed by atoms with Gasteiger partial charge in [-0.15, -0.1) is 4.40 Å². The van der Waals surface area contributed by atoms with Crippen LogP contribution in [0.15, 0.2) is 33.6 Å². The molecule has 2 saturated carbocycles. The van der Waals surface area contributed by atoms with Crippen molar-refractivity contribution in [3.63, 3.8) is 0 Å². The maximum Gasteiger partial charge on any atom is 0.283 e. The fraction of sp³-hybridized carbons (Fsp3) is 0.571. The predicted molar refractivity (Wildman–Crippen MR) is 110 cm³/mol. The summed E-state index contributed by atoms with van der Waals surface area (Å²) < 4.78 is 29.0. The van der Waals surface area contributed by atoms with E-state index in [4.69, 9.17) is 0 Å². The van der Waals surface area contributed by atoms with Gasteiger partial charge in [-0.2, -0.15) is 8.42 Å². The number of nitrogens with one attached hydrogen (secondary N) is 1. The number of fused-ring (bicyclic) bond motifs is 2. The lowest BCUT2D eigenvalue weighted by Crippen LogP contribution is -2.40. The first-order valence-electron chi connectivity index (χ1n) is 10.3. The Morgan fingerprint density at radius 1 is 1.10 bits per heavy atom. The summed E-state index contributed by atoms with van der Waals surface area (Å²) >= 11 is 0. The standard InChI is InChI=1S/C21H27N3O4S/c1-24-11-3-6-19(24)23-29(27,28)18-9-7-17(8-10-18)22-21(26)16-12-14-4-2-5-15(13-16)20(14)25/h7-10,14-16H,2-6,11-13H2,1H3,(H,22,26)/t14-,15-/m1/s1. The van der Waals surface area contributed by atoms with Crippen molar-refractivity contribution in [3.05, 3.63) is 24.3 Å². The number of benzene rings is 1. The fourth-order valence-electron chi connectivity index (χ4n) is 4.75. The van der Waals surface area contributed by atoms with E-state index < -0.39 is 10.0 Å². The first-order valence-corrected chi connectivity index (χ1v) is 11.8. The lowest BCUT2D eigenvalue weighted by molar-refractivity contribution is -0.136. The number of anilines is 1. The Bertz CT molecular complexity index is 923. The summed E-state index contributed by atoms with van der Waals surface area (Å²) in [6, 6.07) is 6.14. The summed E-state index contributed by atoms with van der Waals surface area (Å²) in [6.07, 6.45) is 5.68. The van der Waals surface area contributed by atoms with Crippen LogP contribution in [0.5, 0.6) is 0 Å². The molecule has 1 aliphatic heterocycles. The molecule has 8 heteroatoms. The van der Waals surface area contributed by atoms with Gasteiger partial charge in [0.15, 0.2) is 0 Å². The van der Waals surface area contributed by atoms with Crippen LogP contribution < -0.4 is 5.32 Å². The molecule has 1 saturated heterocycles. The average molecular weight is 418 g/mol. The topological polar surface area (TPSA) is 95.9 Å². The predicted octanol–water partition coefficient (Wildman–Crippen LogP) is 2.83. The number of amides is 1. The molecule has 1 heterocycles. The van der Waals surface area contributed by atoms with Gasteiger partial charge >= 0.3 is 0 Å². The SMILES string of the molecule is CN1CCCC1=NS(=O)(=O)c1ccc(NC(=O)C2C[C@H]3CCC[C@H](C2)C3=O)cc1. The van der Waals surface area contributed by atoms with Crippen LogP contribution in [0.25, 0.3) is 0 Å². The van der Waals surface area contributed by atoms with Crippen LogP contribution in [0.2, 0.25) is 0 Å². The molecule has 1 N–H and O–H groups in total. The minimum Gasteiger partial charge on any atom is -0.362 e. The highest BCUT2D eigenvalue weighted by atomic mass is 32.2. The summed E-state index contributed by atoms with van der Waals surface area (Å²) in [6.45, 7) is 0.813. The number of likely N-dealkylation sites (tertiary alicyclic amines) is 1. The third-order valence-electron chi connectivity index (χ3n) is 6.40. The highest BCUT2D eigenvalue weighted by Crippen LogP contribution is 2.40. The van der Waals surface area contributed by atoms with E-state index in [1.807, 2.05) is 11.9 Å². The van der Waals surface area contributed by atoms with Crippen LogP contribution >= 0.6 is 0 Å². The van der Waals surface area contributed by atoms with Crippen LogP contribution in [0, 0.1) is 17.8 Å². The van der Waals surface area contributed by atoms with Crippen molar-refractivity contribution < 1.29 is 18.0 Å². The Hall–Kier alpha value is -2.22. The van der Waals surface area contributed by atoms with Gasteiger partial charge in [-0.05, 0) is 56.4 Å². The summed E-state index contributed by atoms with van der Waals surface area (Å²) in [5, 5.41) is 2.89. The van der Waals surface area contributed by atoms with Crippen molar-refractivity contribution in [2.45, 2.75) is 49.8 Å². The molecule has 7 nitrogen and oxygen atoms in total. The van der Waals surface area contributed by atoms with Gasteiger partial charge in [-0.3, -0.25) is 9.59 Å². The lowest BCUT2D eigenvalue weighted by Gasteiger charge is -2.36. The molecule has 1 aromatic carbocycles. The van der Waals surface area contributed by atoms with Crippen LogP contribution in [-0.4, -0.2) is 44.4 Å². The Balaban J connectivity index is 1.42. The fourth-order valence-corrected chi connectivity index (χ4v) is 5.84. The zero-order chi connectivity index (χ0) is 20.6. The molecule has 0 spiro atoms. The molecule has 0 unspecified atom stereocenters. The number of sulfonamides is 1. The van der Waals surface area contributed by atoms with Gasteiger partial charge < -0.3 is 10.2 Å². The van der Waals surface area contributed by atoms with Crippen molar-refractivity contribution in [2.75, 3.05) is 18.9 Å². The van der Waals surface area contributed by atoms with Gasteiger partial charge in [-0.25, -0.2) is 0 Å². The zero-order valence-corrected chi connectivity index (χ0v) is 17.5. The van der Waals surface area contributed by atoms with Gasteiger partial charge in [0, 0.05) is 43.5 Å². The number of Topliss-reactive ketones (excluding diaryl/α,β-unsaturated/α-hetero) is 1. The third kappa shape index (κ3) is 4.22. The smallest absolute Gasteiger partial charge is 0.283 e. The van der Waals surface area contributed by atoms with Crippen LogP contribution in [0.1, 0.15) is 44.9 Å². The molecule has 0 radical (unpaired) electrons. The number of nitrogens with zero attached hydrogens (tertiary/aromatic N) is 2. The zero-order valence-electron chi connectivity index (χ0n) is 16.6. The maximum atomic E-state index is 12.7. The number of amidine groups is 1. The molecule has 2 atom stereocenters. The van der Waals surface area contributed by atoms with E-state index >= 15 is 0 Å². The van der Waals surface area contributed by atoms with Crippen LogP contribution in [0.4, 0.5) is 5.69 Å². The molecular formula is C21H27N3O4S. The van der Waals surface area contributed by atoms with Crippen molar-refractivity contribution in [3.8, 4) is 0 Å². The molecule has 1 aromatic rings. The molecule has 3 fully saturated rings. The number of carbonyl (C=O) groups is 2. The summed E-state index contributed by atoms with van der Waals surface area (Å²) in [5.41, 5.74) is 0.557. The van der Waals surface area contributed by atoms with Gasteiger partial charge in [0.25, 0.3) is 10.0 Å². The van der Waals surface area contributed by atoms with Gasteiger partial charge in [0.1, 0.15) is 11.6 Å². The minimum atomic E-state index is -3.76. The lowest BCUT2D eigenvalue weighted by atomic mass is 9.67. The minimum absolute atomic E-state index is 0.0265. The molecule has 4 rings (SSSR count). The Morgan fingerprint density at radius 2 is 1.76 bits per heavy atom. The first kappa shape index (κ1) is 20.1. The summed E-state index contributed by atoms with van der Waals surface area (Å²) in [5.74, 6) is 0.731. The summed E-state index contributed by atoms with van der Waals surface area (Å²) in [4.78, 5) is 26.9. The highest BCUT2D eigenvalue weighted by Gasteiger charge is 2.41. The molecule has 2 bridgehead atoms. The van der Waals surface area contributed by atoms with E-state index in [1.165, 1.54) is 12.1 Å². The average Bonchev–Trinajstić information content (AvgIpc) is 3.06. The second-order valence-corrected chi connectivity index (χ2v) is 10.0. The van der Waals surface area contributed by atoms with E-state index in [1.54, 1.807) is 12.1 Å². The number of carbonyl (C=O) groups excluding carboxylic acids is 2. The normalized spacial score (nSPS) is 28.6. The quantitative estimate of drug-likeness (QED) is 0.813. The van der Waals surface area contributed by atoms with Crippen molar-refractivity contribution in [2.24, 2.45) is 22.2 Å². The maximum absolute atomic E-state index is 12.7. The largest absolute Gasteiger partial charge is 0.362 e.